The van der Waals surface area contributed by atoms with E-state index in [4.69, 9.17) is 9.47 Å². The SMILES string of the molecule is CO[C@@H]1C[C@H](O)[C@H](O)[C@@H]2OC(=O)N(C)[C@@H]21. The Hall–Kier alpha value is -0.850. The minimum absolute atomic E-state index is 0.301. The Kier molecular flexibility index (Phi) is 2.57. The lowest BCUT2D eigenvalue weighted by molar-refractivity contribution is -0.128. The lowest BCUT2D eigenvalue weighted by Crippen LogP contribution is -2.57. The fraction of sp³-hybridized carbons (Fsp3) is 0.889. The van der Waals surface area contributed by atoms with Crippen LogP contribution in [-0.4, -0.2) is 65.8 Å². The molecule has 0 aromatic carbocycles. The number of hydrogen-bond donors (Lipinski definition) is 2. The Morgan fingerprint density at radius 3 is 2.80 bits per heavy atom. The predicted octanol–water partition coefficient (Wildman–Crippen LogP) is -1.05. The van der Waals surface area contributed by atoms with Gasteiger partial charge in [-0.25, -0.2) is 4.79 Å². The van der Waals surface area contributed by atoms with Crippen LogP contribution in [0.5, 0.6) is 0 Å². The molecule has 6 heteroatoms. The zero-order chi connectivity index (χ0) is 11.2. The minimum atomic E-state index is -1.03. The molecule has 0 unspecified atom stereocenters. The summed E-state index contributed by atoms with van der Waals surface area (Å²) in [4.78, 5) is 12.7. The largest absolute Gasteiger partial charge is 0.441 e. The van der Waals surface area contributed by atoms with Crippen LogP contribution in [0.3, 0.4) is 0 Å². The molecule has 1 saturated carbocycles. The van der Waals surface area contributed by atoms with Crippen molar-refractivity contribution >= 4 is 6.09 Å². The van der Waals surface area contributed by atoms with E-state index >= 15 is 0 Å². The molecular formula is C9H15NO5. The minimum Gasteiger partial charge on any atom is -0.441 e. The number of likely N-dealkylation sites (N-methyl/N-ethyl adjacent to an activating group) is 1. The smallest absolute Gasteiger partial charge is 0.410 e. The maximum Gasteiger partial charge on any atom is 0.410 e. The van der Waals surface area contributed by atoms with E-state index < -0.39 is 24.4 Å². The van der Waals surface area contributed by atoms with Crippen molar-refractivity contribution in [3.8, 4) is 0 Å². The Morgan fingerprint density at radius 2 is 2.20 bits per heavy atom. The Morgan fingerprint density at radius 1 is 1.53 bits per heavy atom. The van der Waals surface area contributed by atoms with Crippen molar-refractivity contribution < 1.29 is 24.5 Å². The van der Waals surface area contributed by atoms with Gasteiger partial charge in [-0.15, -0.1) is 0 Å². The van der Waals surface area contributed by atoms with E-state index in [1.165, 1.54) is 12.0 Å². The van der Waals surface area contributed by atoms with E-state index in [2.05, 4.69) is 0 Å². The van der Waals surface area contributed by atoms with Crippen molar-refractivity contribution in [2.75, 3.05) is 14.2 Å². The molecule has 0 aromatic heterocycles. The number of nitrogens with zero attached hydrogens (tertiary/aromatic N) is 1. The zero-order valence-electron chi connectivity index (χ0n) is 8.66. The van der Waals surface area contributed by atoms with Gasteiger partial charge in [0.25, 0.3) is 0 Å². The first-order valence-electron chi connectivity index (χ1n) is 4.88. The lowest BCUT2D eigenvalue weighted by atomic mass is 9.85. The van der Waals surface area contributed by atoms with E-state index in [9.17, 15) is 15.0 Å². The van der Waals surface area contributed by atoms with Gasteiger partial charge in [-0.2, -0.15) is 0 Å². The van der Waals surface area contributed by atoms with E-state index in [0.29, 0.717) is 6.42 Å². The van der Waals surface area contributed by atoms with Gasteiger partial charge in [0.2, 0.25) is 0 Å². The van der Waals surface area contributed by atoms with E-state index in [0.717, 1.165) is 0 Å². The summed E-state index contributed by atoms with van der Waals surface area (Å²) in [5.74, 6) is 0. The second-order valence-electron chi connectivity index (χ2n) is 4.02. The normalized spacial score (nSPS) is 45.2. The van der Waals surface area contributed by atoms with Gasteiger partial charge in [0.1, 0.15) is 12.1 Å². The number of carbonyl (C=O) groups excluding carboxylic acids is 1. The van der Waals surface area contributed by atoms with Crippen molar-refractivity contribution in [3.05, 3.63) is 0 Å². The highest BCUT2D eigenvalue weighted by molar-refractivity contribution is 5.70. The summed E-state index contributed by atoms with van der Waals surface area (Å²) in [6.45, 7) is 0. The molecule has 1 amide bonds. The number of carbonyl (C=O) groups is 1. The number of methoxy groups -OCH3 is 1. The molecule has 2 fully saturated rings. The Labute approximate surface area is 87.4 Å². The van der Waals surface area contributed by atoms with Crippen LogP contribution in [0, 0.1) is 0 Å². The van der Waals surface area contributed by atoms with Gasteiger partial charge in [0.15, 0.2) is 6.10 Å². The van der Waals surface area contributed by atoms with E-state index in [1.807, 2.05) is 0 Å². The molecule has 2 N–H and O–H groups in total. The topological polar surface area (TPSA) is 79.2 Å². The number of hydrogen-bond acceptors (Lipinski definition) is 5. The van der Waals surface area contributed by atoms with Gasteiger partial charge in [-0.1, -0.05) is 0 Å². The van der Waals surface area contributed by atoms with Crippen molar-refractivity contribution in [2.24, 2.45) is 0 Å². The zero-order valence-corrected chi connectivity index (χ0v) is 8.66. The molecule has 6 nitrogen and oxygen atoms in total. The summed E-state index contributed by atoms with van der Waals surface area (Å²) in [6.07, 6.45) is -3.12. The molecule has 1 aliphatic carbocycles. The number of rotatable bonds is 1. The average Bonchev–Trinajstić information content (AvgIpc) is 2.50. The van der Waals surface area contributed by atoms with Crippen LogP contribution in [0.15, 0.2) is 0 Å². The first kappa shape index (κ1) is 10.7. The maximum atomic E-state index is 11.3. The summed E-state index contributed by atoms with van der Waals surface area (Å²) in [6, 6.07) is -0.319. The first-order chi connectivity index (χ1) is 7.06. The molecule has 0 spiro atoms. The summed E-state index contributed by atoms with van der Waals surface area (Å²) in [5.41, 5.74) is 0. The van der Waals surface area contributed by atoms with Crippen LogP contribution >= 0.6 is 0 Å². The van der Waals surface area contributed by atoms with Gasteiger partial charge < -0.3 is 24.6 Å². The fourth-order valence-electron chi connectivity index (χ4n) is 2.32. The van der Waals surface area contributed by atoms with Crippen LogP contribution in [0.1, 0.15) is 6.42 Å². The van der Waals surface area contributed by atoms with E-state index in [-0.39, 0.29) is 12.1 Å². The lowest BCUT2D eigenvalue weighted by Gasteiger charge is -2.38. The van der Waals surface area contributed by atoms with Crippen molar-refractivity contribution in [3.63, 3.8) is 0 Å². The van der Waals surface area contributed by atoms with Crippen LogP contribution < -0.4 is 0 Å². The van der Waals surface area contributed by atoms with Gasteiger partial charge in [0, 0.05) is 20.6 Å². The standard InChI is InChI=1S/C9H15NO5/c1-10-6-5(14-2)3-4(11)7(12)8(6)15-9(10)13/h4-8,11-12H,3H2,1-2H3/t4-,5+,6+,7-,8+/m0/s1. The third kappa shape index (κ3) is 1.49. The molecule has 1 saturated heterocycles. The summed E-state index contributed by atoms with van der Waals surface area (Å²) in [7, 11) is 3.12. The molecule has 15 heavy (non-hydrogen) atoms. The third-order valence-corrected chi connectivity index (χ3v) is 3.20. The number of ether oxygens (including phenoxy) is 2. The molecule has 1 heterocycles. The van der Waals surface area contributed by atoms with Crippen molar-refractivity contribution in [1.82, 2.24) is 4.90 Å². The van der Waals surface area contributed by atoms with Gasteiger partial charge in [-0.3, -0.25) is 0 Å². The monoisotopic (exact) mass is 217 g/mol. The van der Waals surface area contributed by atoms with E-state index in [1.54, 1.807) is 7.05 Å². The molecule has 1 aliphatic heterocycles. The molecule has 5 atom stereocenters. The number of fused-ring (bicyclic) bond motifs is 1. The van der Waals surface area contributed by atoms with Crippen LogP contribution in [-0.2, 0) is 9.47 Å². The Bertz CT molecular complexity index is 271. The molecular weight excluding hydrogens is 202 g/mol. The van der Waals surface area contributed by atoms with Crippen molar-refractivity contribution in [2.45, 2.75) is 36.9 Å². The van der Waals surface area contributed by atoms with Gasteiger partial charge in [-0.05, 0) is 0 Å². The molecule has 2 aliphatic rings. The molecule has 2 rings (SSSR count). The molecule has 0 aromatic rings. The number of amides is 1. The summed E-state index contributed by atoms with van der Waals surface area (Å²) in [5, 5.41) is 19.2. The molecule has 86 valence electrons. The van der Waals surface area contributed by atoms with Crippen molar-refractivity contribution in [1.29, 1.82) is 0 Å². The fourth-order valence-corrected chi connectivity index (χ4v) is 2.32. The maximum absolute atomic E-state index is 11.3. The first-order valence-corrected chi connectivity index (χ1v) is 4.88. The second kappa shape index (κ2) is 3.62. The summed E-state index contributed by atoms with van der Waals surface area (Å²) < 4.78 is 10.2. The molecule has 0 radical (unpaired) electrons. The van der Waals surface area contributed by atoms with Crippen LogP contribution in [0.25, 0.3) is 0 Å². The van der Waals surface area contributed by atoms with Crippen LogP contribution in [0.4, 0.5) is 4.79 Å². The number of aliphatic hydroxyl groups is 2. The van der Waals surface area contributed by atoms with Gasteiger partial charge >= 0.3 is 6.09 Å². The quantitative estimate of drug-likeness (QED) is 0.585. The number of aliphatic hydroxyl groups excluding tert-OH is 2. The van der Waals surface area contributed by atoms with Crippen LogP contribution in [0.2, 0.25) is 0 Å². The summed E-state index contributed by atoms with van der Waals surface area (Å²) >= 11 is 0. The second-order valence-corrected chi connectivity index (χ2v) is 4.02. The highest BCUT2D eigenvalue weighted by atomic mass is 16.6. The van der Waals surface area contributed by atoms with Gasteiger partial charge in [0.05, 0.1) is 12.2 Å². The molecule has 0 bridgehead atoms. The third-order valence-electron chi connectivity index (χ3n) is 3.20. The highest BCUT2D eigenvalue weighted by Gasteiger charge is 2.53. The highest BCUT2D eigenvalue weighted by Crippen LogP contribution is 2.32. The average molecular weight is 217 g/mol. The Balaban J connectivity index is 2.24. The predicted molar refractivity (Wildman–Crippen MR) is 49.2 cm³/mol.